The zero-order valence-corrected chi connectivity index (χ0v) is 13.9. The van der Waals surface area contributed by atoms with Crippen LogP contribution in [0.3, 0.4) is 0 Å². The molecule has 0 atom stereocenters. The molecule has 0 saturated heterocycles. The van der Waals surface area contributed by atoms with Crippen molar-refractivity contribution in [3.05, 3.63) is 65.1 Å². The highest BCUT2D eigenvalue weighted by Gasteiger charge is 2.19. The van der Waals surface area contributed by atoms with Gasteiger partial charge in [0.15, 0.2) is 11.6 Å². The number of hydrogen-bond acceptors (Lipinski definition) is 2. The Morgan fingerprint density at radius 3 is 2.88 bits per heavy atom. The molecule has 0 unspecified atom stereocenters. The number of nitrogens with zero attached hydrogens (tertiary/aromatic N) is 2. The Bertz CT molecular complexity index is 803. The average molecular weight is 329 g/mol. The van der Waals surface area contributed by atoms with Crippen molar-refractivity contribution in [2.75, 3.05) is 5.32 Å². The molecule has 1 aromatic carbocycles. The molecular formula is C19H21F2N3. The fourth-order valence-corrected chi connectivity index (χ4v) is 2.94. The van der Waals surface area contributed by atoms with E-state index in [1.165, 1.54) is 0 Å². The van der Waals surface area contributed by atoms with Crippen LogP contribution in [-0.4, -0.2) is 9.78 Å². The molecule has 1 N–H and O–H groups in total. The van der Waals surface area contributed by atoms with Crippen LogP contribution in [0.25, 0.3) is 5.57 Å². The minimum Gasteiger partial charge on any atom is -0.356 e. The Balaban J connectivity index is 1.81. The van der Waals surface area contributed by atoms with E-state index in [0.717, 1.165) is 41.6 Å². The first kappa shape index (κ1) is 16.4. The second-order valence-electron chi connectivity index (χ2n) is 5.99. The predicted molar refractivity (Wildman–Crippen MR) is 92.5 cm³/mol. The largest absolute Gasteiger partial charge is 0.356 e. The molecule has 3 rings (SSSR count). The molecule has 0 spiro atoms. The maximum absolute atomic E-state index is 13.8. The van der Waals surface area contributed by atoms with E-state index < -0.39 is 11.6 Å². The van der Waals surface area contributed by atoms with Crippen LogP contribution in [0, 0.1) is 11.6 Å². The summed E-state index contributed by atoms with van der Waals surface area (Å²) in [6.45, 7) is 2.14. The van der Waals surface area contributed by atoms with E-state index in [9.17, 15) is 8.78 Å². The van der Waals surface area contributed by atoms with Gasteiger partial charge in [-0.25, -0.2) is 8.78 Å². The van der Waals surface area contributed by atoms with Gasteiger partial charge in [0.25, 0.3) is 0 Å². The van der Waals surface area contributed by atoms with E-state index in [-0.39, 0.29) is 0 Å². The van der Waals surface area contributed by atoms with E-state index in [0.29, 0.717) is 18.4 Å². The first-order valence-corrected chi connectivity index (χ1v) is 8.23. The number of anilines is 1. The van der Waals surface area contributed by atoms with Gasteiger partial charge in [0.2, 0.25) is 0 Å². The molecule has 2 heterocycles. The van der Waals surface area contributed by atoms with Crippen molar-refractivity contribution in [1.29, 1.82) is 0 Å². The predicted octanol–water partition coefficient (Wildman–Crippen LogP) is 4.82. The summed E-state index contributed by atoms with van der Waals surface area (Å²) in [5, 5.41) is 7.65. The molecule has 1 aliphatic heterocycles. The number of unbranched alkanes of at least 4 members (excludes halogenated alkanes) is 1. The van der Waals surface area contributed by atoms with Gasteiger partial charge < -0.3 is 5.32 Å². The first-order chi connectivity index (χ1) is 11.6. The summed E-state index contributed by atoms with van der Waals surface area (Å²) >= 11 is 0. The maximum Gasteiger partial charge on any atom is 0.162 e. The standard InChI is InChI=1S/C19H21F2N3/c1-3-4-6-14-11-15(23-17-12-22-24(2)19(14)17)10-9-13-7-5-8-16(20)18(13)21/h5-8,11-12,23H,3-4,9-10H2,1-2H3/b14-6+. The van der Waals surface area contributed by atoms with Crippen LogP contribution >= 0.6 is 0 Å². The molecule has 0 aliphatic carbocycles. The Kier molecular flexibility index (Phi) is 4.79. The molecular weight excluding hydrogens is 308 g/mol. The summed E-state index contributed by atoms with van der Waals surface area (Å²) in [5.41, 5.74) is 4.52. The van der Waals surface area contributed by atoms with Gasteiger partial charge in [-0.3, -0.25) is 4.68 Å². The first-order valence-electron chi connectivity index (χ1n) is 8.23. The lowest BCUT2D eigenvalue weighted by atomic mass is 10.0. The quantitative estimate of drug-likeness (QED) is 0.852. The highest BCUT2D eigenvalue weighted by molar-refractivity contribution is 5.84. The Labute approximate surface area is 140 Å². The molecule has 24 heavy (non-hydrogen) atoms. The number of nitrogens with one attached hydrogen (secondary N) is 1. The molecule has 0 bridgehead atoms. The van der Waals surface area contributed by atoms with Crippen molar-refractivity contribution in [2.45, 2.75) is 32.6 Å². The summed E-state index contributed by atoms with van der Waals surface area (Å²) in [6.07, 6.45) is 9.19. The number of benzene rings is 1. The number of rotatable bonds is 5. The van der Waals surface area contributed by atoms with Crippen LogP contribution < -0.4 is 5.32 Å². The van der Waals surface area contributed by atoms with E-state index >= 15 is 0 Å². The van der Waals surface area contributed by atoms with Crippen molar-refractivity contribution in [2.24, 2.45) is 7.05 Å². The second kappa shape index (κ2) is 6.99. The summed E-state index contributed by atoms with van der Waals surface area (Å²) < 4.78 is 29.0. The topological polar surface area (TPSA) is 29.9 Å². The van der Waals surface area contributed by atoms with Gasteiger partial charge in [0, 0.05) is 12.7 Å². The van der Waals surface area contributed by atoms with Gasteiger partial charge in [-0.2, -0.15) is 5.10 Å². The maximum atomic E-state index is 13.8. The fourth-order valence-electron chi connectivity index (χ4n) is 2.94. The third kappa shape index (κ3) is 3.25. The SMILES string of the molecule is CCC/C=C1\C=C(CCc2cccc(F)c2F)Nc2cnn(C)c21. The van der Waals surface area contributed by atoms with Gasteiger partial charge in [-0.05, 0) is 42.5 Å². The normalized spacial score (nSPS) is 15.2. The average Bonchev–Trinajstić information content (AvgIpc) is 2.95. The number of aromatic nitrogens is 2. The van der Waals surface area contributed by atoms with Crippen molar-refractivity contribution in [3.8, 4) is 0 Å². The van der Waals surface area contributed by atoms with Crippen LogP contribution in [0.4, 0.5) is 14.5 Å². The third-order valence-corrected chi connectivity index (χ3v) is 4.19. The summed E-state index contributed by atoms with van der Waals surface area (Å²) in [4.78, 5) is 0. The highest BCUT2D eigenvalue weighted by atomic mass is 19.2. The molecule has 0 amide bonds. The Morgan fingerprint density at radius 1 is 1.25 bits per heavy atom. The van der Waals surface area contributed by atoms with Crippen LogP contribution in [0.15, 0.2) is 42.2 Å². The molecule has 5 heteroatoms. The number of fused-ring (bicyclic) bond motifs is 1. The van der Waals surface area contributed by atoms with E-state index in [2.05, 4.69) is 29.5 Å². The van der Waals surface area contributed by atoms with Gasteiger partial charge in [-0.15, -0.1) is 0 Å². The smallest absolute Gasteiger partial charge is 0.162 e. The van der Waals surface area contributed by atoms with Crippen molar-refractivity contribution in [3.63, 3.8) is 0 Å². The van der Waals surface area contributed by atoms with Crippen LogP contribution in [-0.2, 0) is 13.5 Å². The lowest BCUT2D eigenvalue weighted by Gasteiger charge is -2.19. The molecule has 1 aliphatic rings. The molecule has 126 valence electrons. The van der Waals surface area contributed by atoms with Crippen molar-refractivity contribution in [1.82, 2.24) is 9.78 Å². The molecule has 0 saturated carbocycles. The second-order valence-corrected chi connectivity index (χ2v) is 5.99. The highest BCUT2D eigenvalue weighted by Crippen LogP contribution is 2.32. The Hall–Kier alpha value is -2.43. The van der Waals surface area contributed by atoms with Crippen molar-refractivity contribution < 1.29 is 8.78 Å². The van der Waals surface area contributed by atoms with E-state index in [1.54, 1.807) is 18.3 Å². The van der Waals surface area contributed by atoms with E-state index in [4.69, 9.17) is 0 Å². The molecule has 0 fully saturated rings. The zero-order chi connectivity index (χ0) is 17.1. The minimum absolute atomic E-state index is 0.397. The van der Waals surface area contributed by atoms with E-state index in [1.807, 2.05) is 11.7 Å². The summed E-state index contributed by atoms with van der Waals surface area (Å²) in [5.74, 6) is -1.55. The number of aryl methyl sites for hydroxylation is 2. The minimum atomic E-state index is -0.795. The fraction of sp³-hybridized carbons (Fsp3) is 0.316. The Morgan fingerprint density at radius 2 is 2.08 bits per heavy atom. The molecule has 0 radical (unpaired) electrons. The van der Waals surface area contributed by atoms with Crippen LogP contribution in [0.5, 0.6) is 0 Å². The zero-order valence-electron chi connectivity index (χ0n) is 13.9. The lowest BCUT2D eigenvalue weighted by molar-refractivity contribution is 0.498. The number of hydrogen-bond donors (Lipinski definition) is 1. The van der Waals surface area contributed by atoms with Crippen LogP contribution in [0.1, 0.15) is 37.4 Å². The van der Waals surface area contributed by atoms with Gasteiger partial charge >= 0.3 is 0 Å². The van der Waals surface area contributed by atoms with Gasteiger partial charge in [0.1, 0.15) is 0 Å². The van der Waals surface area contributed by atoms with Crippen molar-refractivity contribution >= 4 is 11.3 Å². The number of allylic oxidation sites excluding steroid dienone is 4. The lowest BCUT2D eigenvalue weighted by Crippen LogP contribution is -2.10. The van der Waals surface area contributed by atoms with Gasteiger partial charge in [-0.1, -0.05) is 31.6 Å². The summed E-state index contributed by atoms with van der Waals surface area (Å²) in [7, 11) is 1.92. The summed E-state index contributed by atoms with van der Waals surface area (Å²) in [6, 6.07) is 4.32. The van der Waals surface area contributed by atoms with Gasteiger partial charge in [0.05, 0.1) is 17.6 Å². The molecule has 1 aromatic heterocycles. The monoisotopic (exact) mass is 329 g/mol. The number of halogens is 2. The molecule has 2 aromatic rings. The third-order valence-electron chi connectivity index (χ3n) is 4.19. The van der Waals surface area contributed by atoms with Crippen LogP contribution in [0.2, 0.25) is 0 Å². The molecule has 3 nitrogen and oxygen atoms in total.